The number of carbonyl (C=O) groups is 1. The van der Waals surface area contributed by atoms with Crippen LogP contribution in [-0.4, -0.2) is 44.0 Å². The SMILES string of the molecule is CCN(CC(=O)N(C)C)c1ccc(CNC2CC2)cc1. The summed E-state index contributed by atoms with van der Waals surface area (Å²) in [6.07, 6.45) is 2.63. The van der Waals surface area contributed by atoms with Crippen molar-refractivity contribution in [2.75, 3.05) is 32.1 Å². The maximum absolute atomic E-state index is 11.8. The first kappa shape index (κ1) is 14.9. The highest BCUT2D eigenvalue weighted by Gasteiger charge is 2.19. The summed E-state index contributed by atoms with van der Waals surface area (Å²) in [5.41, 5.74) is 2.41. The number of anilines is 1. The van der Waals surface area contributed by atoms with Crippen LogP contribution in [0.25, 0.3) is 0 Å². The normalized spacial score (nSPS) is 14.2. The van der Waals surface area contributed by atoms with E-state index in [1.807, 2.05) is 0 Å². The number of amides is 1. The predicted octanol–water partition coefficient (Wildman–Crippen LogP) is 1.85. The van der Waals surface area contributed by atoms with Crippen molar-refractivity contribution >= 4 is 11.6 Å². The molecule has 1 aromatic carbocycles. The van der Waals surface area contributed by atoms with Gasteiger partial charge >= 0.3 is 0 Å². The van der Waals surface area contributed by atoms with Crippen LogP contribution in [0.2, 0.25) is 0 Å². The van der Waals surface area contributed by atoms with Crippen molar-refractivity contribution in [2.45, 2.75) is 32.4 Å². The molecule has 1 amide bonds. The minimum absolute atomic E-state index is 0.131. The molecule has 0 radical (unpaired) electrons. The summed E-state index contributed by atoms with van der Waals surface area (Å²) in [5, 5.41) is 3.51. The molecule has 4 heteroatoms. The van der Waals surface area contributed by atoms with E-state index in [4.69, 9.17) is 0 Å². The Morgan fingerprint density at radius 1 is 1.25 bits per heavy atom. The third-order valence-electron chi connectivity index (χ3n) is 3.68. The molecule has 0 unspecified atom stereocenters. The van der Waals surface area contributed by atoms with Gasteiger partial charge in [0.1, 0.15) is 0 Å². The van der Waals surface area contributed by atoms with Gasteiger partial charge in [-0.05, 0) is 37.5 Å². The number of likely N-dealkylation sites (N-methyl/N-ethyl adjacent to an activating group) is 2. The monoisotopic (exact) mass is 275 g/mol. The summed E-state index contributed by atoms with van der Waals surface area (Å²) < 4.78 is 0. The Balaban J connectivity index is 1.93. The summed E-state index contributed by atoms with van der Waals surface area (Å²) >= 11 is 0. The molecule has 1 aromatic rings. The molecule has 0 atom stereocenters. The molecular formula is C16H25N3O. The maximum atomic E-state index is 11.8. The first-order valence-corrected chi connectivity index (χ1v) is 7.37. The van der Waals surface area contributed by atoms with Gasteiger partial charge in [0.15, 0.2) is 0 Å². The van der Waals surface area contributed by atoms with E-state index in [1.165, 1.54) is 18.4 Å². The first-order chi connectivity index (χ1) is 9.60. The van der Waals surface area contributed by atoms with Gasteiger partial charge in [-0.1, -0.05) is 12.1 Å². The van der Waals surface area contributed by atoms with Crippen LogP contribution in [0.3, 0.4) is 0 Å². The standard InChI is InChI=1S/C16H25N3O/c1-4-19(12-16(20)18(2)3)15-9-5-13(6-10-15)11-17-14-7-8-14/h5-6,9-10,14,17H,4,7-8,11-12H2,1-3H3. The molecule has 0 aromatic heterocycles. The second-order valence-corrected chi connectivity index (χ2v) is 5.62. The largest absolute Gasteiger partial charge is 0.362 e. The minimum atomic E-state index is 0.131. The summed E-state index contributed by atoms with van der Waals surface area (Å²) in [6.45, 7) is 4.28. The summed E-state index contributed by atoms with van der Waals surface area (Å²) in [6, 6.07) is 9.24. The molecule has 1 aliphatic rings. The van der Waals surface area contributed by atoms with Gasteiger partial charge in [0.25, 0.3) is 0 Å². The lowest BCUT2D eigenvalue weighted by atomic mass is 10.2. The fraction of sp³-hybridized carbons (Fsp3) is 0.562. The number of carbonyl (C=O) groups excluding carboxylic acids is 1. The summed E-state index contributed by atoms with van der Waals surface area (Å²) in [4.78, 5) is 15.5. The zero-order valence-corrected chi connectivity index (χ0v) is 12.7. The zero-order valence-electron chi connectivity index (χ0n) is 12.7. The molecule has 1 fully saturated rings. The van der Waals surface area contributed by atoms with Crippen LogP contribution < -0.4 is 10.2 Å². The Bertz CT molecular complexity index is 438. The van der Waals surface area contributed by atoms with E-state index in [0.29, 0.717) is 6.54 Å². The van der Waals surface area contributed by atoms with Crippen LogP contribution in [-0.2, 0) is 11.3 Å². The fourth-order valence-electron chi connectivity index (χ4n) is 2.06. The van der Waals surface area contributed by atoms with Crippen molar-refractivity contribution in [3.05, 3.63) is 29.8 Å². The lowest BCUT2D eigenvalue weighted by molar-refractivity contribution is -0.127. The van der Waals surface area contributed by atoms with Gasteiger partial charge in [0.2, 0.25) is 5.91 Å². The van der Waals surface area contributed by atoms with Crippen LogP contribution >= 0.6 is 0 Å². The molecule has 0 bridgehead atoms. The Labute approximate surface area is 121 Å². The van der Waals surface area contributed by atoms with E-state index in [0.717, 1.165) is 24.8 Å². The maximum Gasteiger partial charge on any atom is 0.241 e. The van der Waals surface area contributed by atoms with E-state index in [1.54, 1.807) is 19.0 Å². The van der Waals surface area contributed by atoms with Gasteiger partial charge in [0.05, 0.1) is 6.54 Å². The van der Waals surface area contributed by atoms with E-state index in [9.17, 15) is 4.79 Å². The van der Waals surface area contributed by atoms with E-state index < -0.39 is 0 Å². The molecule has 1 aliphatic carbocycles. The van der Waals surface area contributed by atoms with E-state index >= 15 is 0 Å². The van der Waals surface area contributed by atoms with Crippen LogP contribution in [0.5, 0.6) is 0 Å². The second kappa shape index (κ2) is 6.75. The van der Waals surface area contributed by atoms with Gasteiger partial charge in [0, 0.05) is 38.9 Å². The molecule has 110 valence electrons. The summed E-state index contributed by atoms with van der Waals surface area (Å²) in [5.74, 6) is 0.131. The van der Waals surface area contributed by atoms with Crippen molar-refractivity contribution in [2.24, 2.45) is 0 Å². The number of rotatable bonds is 7. The molecule has 0 spiro atoms. The first-order valence-electron chi connectivity index (χ1n) is 7.37. The lowest BCUT2D eigenvalue weighted by Crippen LogP contribution is -2.36. The second-order valence-electron chi connectivity index (χ2n) is 5.62. The molecule has 0 aliphatic heterocycles. The number of benzene rings is 1. The van der Waals surface area contributed by atoms with E-state index in [-0.39, 0.29) is 5.91 Å². The molecular weight excluding hydrogens is 250 g/mol. The van der Waals surface area contributed by atoms with Gasteiger partial charge < -0.3 is 15.1 Å². The number of hydrogen-bond acceptors (Lipinski definition) is 3. The third kappa shape index (κ3) is 4.23. The number of hydrogen-bond donors (Lipinski definition) is 1. The smallest absolute Gasteiger partial charge is 0.241 e. The van der Waals surface area contributed by atoms with Crippen LogP contribution in [0.1, 0.15) is 25.3 Å². The molecule has 1 N–H and O–H groups in total. The Hall–Kier alpha value is -1.55. The topological polar surface area (TPSA) is 35.6 Å². The highest BCUT2D eigenvalue weighted by atomic mass is 16.2. The average molecular weight is 275 g/mol. The number of nitrogens with zero attached hydrogens (tertiary/aromatic N) is 2. The predicted molar refractivity (Wildman–Crippen MR) is 82.9 cm³/mol. The molecule has 4 nitrogen and oxygen atoms in total. The third-order valence-corrected chi connectivity index (χ3v) is 3.68. The van der Waals surface area contributed by atoms with E-state index in [2.05, 4.69) is 41.4 Å². The fourth-order valence-corrected chi connectivity index (χ4v) is 2.06. The van der Waals surface area contributed by atoms with Gasteiger partial charge in [-0.2, -0.15) is 0 Å². The van der Waals surface area contributed by atoms with Crippen molar-refractivity contribution in [1.29, 1.82) is 0 Å². The Morgan fingerprint density at radius 2 is 1.90 bits per heavy atom. The van der Waals surface area contributed by atoms with Crippen molar-refractivity contribution < 1.29 is 4.79 Å². The Morgan fingerprint density at radius 3 is 2.40 bits per heavy atom. The van der Waals surface area contributed by atoms with Crippen LogP contribution in [0.4, 0.5) is 5.69 Å². The molecule has 0 saturated heterocycles. The molecule has 2 rings (SSSR count). The van der Waals surface area contributed by atoms with Crippen LogP contribution in [0, 0.1) is 0 Å². The van der Waals surface area contributed by atoms with Crippen LogP contribution in [0.15, 0.2) is 24.3 Å². The van der Waals surface area contributed by atoms with Crippen molar-refractivity contribution in [3.8, 4) is 0 Å². The quantitative estimate of drug-likeness (QED) is 0.825. The minimum Gasteiger partial charge on any atom is -0.362 e. The van der Waals surface area contributed by atoms with Crippen molar-refractivity contribution in [3.63, 3.8) is 0 Å². The lowest BCUT2D eigenvalue weighted by Gasteiger charge is -2.24. The molecule has 20 heavy (non-hydrogen) atoms. The zero-order chi connectivity index (χ0) is 14.5. The molecule has 1 saturated carbocycles. The number of nitrogens with one attached hydrogen (secondary N) is 1. The highest BCUT2D eigenvalue weighted by Crippen LogP contribution is 2.20. The van der Waals surface area contributed by atoms with Crippen molar-refractivity contribution in [1.82, 2.24) is 10.2 Å². The van der Waals surface area contributed by atoms with Gasteiger partial charge in [-0.25, -0.2) is 0 Å². The highest BCUT2D eigenvalue weighted by molar-refractivity contribution is 5.81. The Kier molecular flexibility index (Phi) is 5.01. The molecule has 0 heterocycles. The average Bonchev–Trinajstić information content (AvgIpc) is 3.27. The summed E-state index contributed by atoms with van der Waals surface area (Å²) in [7, 11) is 3.59. The van der Waals surface area contributed by atoms with Gasteiger partial charge in [-0.15, -0.1) is 0 Å². The van der Waals surface area contributed by atoms with Gasteiger partial charge in [-0.3, -0.25) is 4.79 Å².